The highest BCUT2D eigenvalue weighted by atomic mass is 16.4. The molecule has 0 spiro atoms. The first-order chi connectivity index (χ1) is 10.2. The van der Waals surface area contributed by atoms with Gasteiger partial charge in [0.05, 0.1) is 6.54 Å². The average molecular weight is 294 g/mol. The van der Waals surface area contributed by atoms with Crippen molar-refractivity contribution in [3.63, 3.8) is 0 Å². The first-order valence-corrected chi connectivity index (χ1v) is 8.92. The van der Waals surface area contributed by atoms with Crippen molar-refractivity contribution >= 4 is 5.97 Å². The molecule has 0 aromatic carbocycles. The lowest BCUT2D eigenvalue weighted by Crippen LogP contribution is -2.56. The van der Waals surface area contributed by atoms with Gasteiger partial charge in [-0.1, -0.05) is 25.7 Å². The number of hydrogen-bond donors (Lipinski definition) is 2. The number of nitrogens with one attached hydrogen (secondary N) is 1. The zero-order valence-corrected chi connectivity index (χ0v) is 13.1. The topological polar surface area (TPSA) is 52.6 Å². The molecule has 0 aromatic heterocycles. The van der Waals surface area contributed by atoms with E-state index in [4.69, 9.17) is 5.11 Å². The van der Waals surface area contributed by atoms with Gasteiger partial charge in [-0.05, 0) is 44.4 Å². The first-order valence-electron chi connectivity index (χ1n) is 8.92. The van der Waals surface area contributed by atoms with Crippen molar-refractivity contribution in [2.24, 2.45) is 5.92 Å². The van der Waals surface area contributed by atoms with Gasteiger partial charge >= 0.3 is 5.97 Å². The molecule has 0 heterocycles. The molecule has 4 heteroatoms. The van der Waals surface area contributed by atoms with Crippen LogP contribution in [-0.2, 0) is 4.79 Å². The molecular formula is C17H30N2O2. The Labute approximate surface area is 128 Å². The lowest BCUT2D eigenvalue weighted by Gasteiger charge is -2.44. The highest BCUT2D eigenvalue weighted by Crippen LogP contribution is 2.34. The highest BCUT2D eigenvalue weighted by molar-refractivity contribution is 5.69. The Hall–Kier alpha value is -0.610. The summed E-state index contributed by atoms with van der Waals surface area (Å²) in [6.45, 7) is 1.24. The maximum absolute atomic E-state index is 11.0. The lowest BCUT2D eigenvalue weighted by atomic mass is 9.84. The Balaban J connectivity index is 1.40. The molecule has 0 radical (unpaired) electrons. The van der Waals surface area contributed by atoms with Crippen LogP contribution in [0.3, 0.4) is 0 Å². The second-order valence-electron chi connectivity index (χ2n) is 7.44. The molecule has 120 valence electrons. The van der Waals surface area contributed by atoms with Crippen molar-refractivity contribution in [1.29, 1.82) is 0 Å². The lowest BCUT2D eigenvalue weighted by molar-refractivity contribution is -0.139. The summed E-state index contributed by atoms with van der Waals surface area (Å²) in [5.74, 6) is 0.106. The fourth-order valence-corrected chi connectivity index (χ4v) is 3.95. The number of hydrogen-bond acceptors (Lipinski definition) is 3. The van der Waals surface area contributed by atoms with E-state index < -0.39 is 5.97 Å². The van der Waals surface area contributed by atoms with Gasteiger partial charge in [0.15, 0.2) is 0 Å². The summed E-state index contributed by atoms with van der Waals surface area (Å²) in [6, 6.07) is 1.85. The molecule has 0 amide bonds. The second-order valence-corrected chi connectivity index (χ2v) is 7.44. The molecule has 0 aliphatic heterocycles. The van der Waals surface area contributed by atoms with Gasteiger partial charge < -0.3 is 10.4 Å². The minimum absolute atomic E-state index is 0.233. The van der Waals surface area contributed by atoms with E-state index in [1.54, 1.807) is 0 Å². The molecule has 3 fully saturated rings. The maximum atomic E-state index is 11.0. The predicted octanol–water partition coefficient (Wildman–Crippen LogP) is 2.63. The molecule has 4 nitrogen and oxygen atoms in total. The zero-order chi connectivity index (χ0) is 14.7. The Bertz CT molecular complexity index is 343. The van der Waals surface area contributed by atoms with E-state index in [1.807, 2.05) is 0 Å². The van der Waals surface area contributed by atoms with Gasteiger partial charge in [0.25, 0.3) is 0 Å². The van der Waals surface area contributed by atoms with Gasteiger partial charge in [-0.25, -0.2) is 0 Å². The first kappa shape index (κ1) is 15.3. The quantitative estimate of drug-likeness (QED) is 0.709. The Kier molecular flexibility index (Phi) is 5.17. The minimum Gasteiger partial charge on any atom is -0.480 e. The van der Waals surface area contributed by atoms with Gasteiger partial charge in [-0.15, -0.1) is 0 Å². The summed E-state index contributed by atoms with van der Waals surface area (Å²) in [5.41, 5.74) is 0. The predicted molar refractivity (Wildman–Crippen MR) is 83.4 cm³/mol. The largest absolute Gasteiger partial charge is 0.480 e. The van der Waals surface area contributed by atoms with Crippen molar-refractivity contribution in [3.05, 3.63) is 0 Å². The van der Waals surface area contributed by atoms with E-state index in [2.05, 4.69) is 10.2 Å². The fraction of sp³-hybridized carbons (Fsp3) is 0.941. The van der Waals surface area contributed by atoms with Crippen molar-refractivity contribution in [1.82, 2.24) is 10.2 Å². The molecule has 3 rings (SSSR count). The molecule has 3 saturated carbocycles. The number of carboxylic acid groups (broad SMARTS) is 1. The van der Waals surface area contributed by atoms with Crippen LogP contribution in [0.15, 0.2) is 0 Å². The summed E-state index contributed by atoms with van der Waals surface area (Å²) in [4.78, 5) is 13.3. The Morgan fingerprint density at radius 3 is 2.24 bits per heavy atom. The maximum Gasteiger partial charge on any atom is 0.317 e. The van der Waals surface area contributed by atoms with Crippen molar-refractivity contribution in [3.8, 4) is 0 Å². The van der Waals surface area contributed by atoms with Gasteiger partial charge in [-0.3, -0.25) is 9.69 Å². The standard InChI is InChI=1S/C17H30N2O2/c20-17(21)12-19(11-13-7-8-13)16-9-15(10-16)18-14-5-3-1-2-4-6-14/h13-16,18H,1-12H2,(H,20,21). The van der Waals surface area contributed by atoms with Crippen LogP contribution in [0.5, 0.6) is 0 Å². The molecule has 3 aliphatic carbocycles. The van der Waals surface area contributed by atoms with Gasteiger partial charge in [0.1, 0.15) is 0 Å². The Morgan fingerprint density at radius 2 is 1.67 bits per heavy atom. The molecule has 3 aliphatic rings. The number of carboxylic acids is 1. The molecule has 21 heavy (non-hydrogen) atoms. The van der Waals surface area contributed by atoms with E-state index in [0.29, 0.717) is 12.1 Å². The molecule has 0 atom stereocenters. The SMILES string of the molecule is O=C(O)CN(CC1CC1)C1CC(NC2CCCCCC2)C1. The second kappa shape index (κ2) is 7.10. The van der Waals surface area contributed by atoms with Crippen molar-refractivity contribution < 1.29 is 9.90 Å². The van der Waals surface area contributed by atoms with E-state index in [0.717, 1.165) is 31.3 Å². The van der Waals surface area contributed by atoms with E-state index in [-0.39, 0.29) is 6.54 Å². The summed E-state index contributed by atoms with van der Waals surface area (Å²) < 4.78 is 0. The van der Waals surface area contributed by atoms with Gasteiger partial charge in [-0.2, -0.15) is 0 Å². The van der Waals surface area contributed by atoms with Crippen molar-refractivity contribution in [2.45, 2.75) is 82.3 Å². The van der Waals surface area contributed by atoms with Gasteiger partial charge in [0.2, 0.25) is 0 Å². The van der Waals surface area contributed by atoms with Crippen LogP contribution < -0.4 is 5.32 Å². The van der Waals surface area contributed by atoms with Crippen LogP contribution in [0.4, 0.5) is 0 Å². The smallest absolute Gasteiger partial charge is 0.317 e. The van der Waals surface area contributed by atoms with Crippen LogP contribution >= 0.6 is 0 Å². The summed E-state index contributed by atoms with van der Waals surface area (Å²) in [5, 5.41) is 12.9. The monoisotopic (exact) mass is 294 g/mol. The molecule has 0 unspecified atom stereocenters. The number of nitrogens with zero attached hydrogens (tertiary/aromatic N) is 1. The van der Waals surface area contributed by atoms with Crippen molar-refractivity contribution in [2.75, 3.05) is 13.1 Å². The molecular weight excluding hydrogens is 264 g/mol. The number of rotatable bonds is 7. The van der Waals surface area contributed by atoms with E-state index in [9.17, 15) is 4.79 Å². The third kappa shape index (κ3) is 4.68. The highest BCUT2D eigenvalue weighted by Gasteiger charge is 2.37. The van der Waals surface area contributed by atoms with Crippen LogP contribution in [0.25, 0.3) is 0 Å². The summed E-state index contributed by atoms with van der Waals surface area (Å²) >= 11 is 0. The fourth-order valence-electron chi connectivity index (χ4n) is 3.95. The number of aliphatic carboxylic acids is 1. The minimum atomic E-state index is -0.671. The third-order valence-electron chi connectivity index (χ3n) is 5.48. The molecule has 0 bridgehead atoms. The van der Waals surface area contributed by atoms with Crippen LogP contribution in [0, 0.1) is 5.92 Å². The third-order valence-corrected chi connectivity index (χ3v) is 5.48. The van der Waals surface area contributed by atoms with Crippen LogP contribution in [-0.4, -0.2) is 47.2 Å². The van der Waals surface area contributed by atoms with Crippen LogP contribution in [0.1, 0.15) is 64.2 Å². The van der Waals surface area contributed by atoms with E-state index in [1.165, 1.54) is 51.4 Å². The normalized spacial score (nSPS) is 30.9. The zero-order valence-electron chi connectivity index (χ0n) is 13.1. The van der Waals surface area contributed by atoms with Gasteiger partial charge in [0, 0.05) is 24.7 Å². The molecule has 0 aromatic rings. The average Bonchev–Trinajstić information content (AvgIpc) is 3.19. The number of carbonyl (C=O) groups is 1. The molecule has 2 N–H and O–H groups in total. The van der Waals surface area contributed by atoms with E-state index >= 15 is 0 Å². The molecule has 0 saturated heterocycles. The van der Waals surface area contributed by atoms with Crippen LogP contribution in [0.2, 0.25) is 0 Å². The Morgan fingerprint density at radius 1 is 1.00 bits per heavy atom. The summed E-state index contributed by atoms with van der Waals surface area (Å²) in [6.07, 6.45) is 13.1. The summed E-state index contributed by atoms with van der Waals surface area (Å²) in [7, 11) is 0.